The molecule has 0 fully saturated rings. The fraction of sp³-hybridized carbons (Fsp3) is 0. The van der Waals surface area contributed by atoms with E-state index in [2.05, 4.69) is 21.2 Å². The molecule has 2 N–H and O–H groups in total. The number of nitrogens with one attached hydrogen (secondary N) is 1. The molecule has 0 saturated heterocycles. The minimum Gasteiger partial charge on any atom is -0.478 e. The van der Waals surface area contributed by atoms with Crippen LogP contribution in [0.25, 0.3) is 6.08 Å². The molecule has 2 rings (SSSR count). The Kier molecular flexibility index (Phi) is 4.90. The predicted octanol–water partition coefficient (Wildman–Crippen LogP) is 3.80. The highest BCUT2D eigenvalue weighted by Gasteiger charge is 2.05. The first-order valence-electron chi connectivity index (χ1n) is 6.12. The lowest BCUT2D eigenvalue weighted by Gasteiger charge is -2.05. The Morgan fingerprint density at radius 1 is 1.00 bits per heavy atom. The van der Waals surface area contributed by atoms with Gasteiger partial charge in [0, 0.05) is 21.8 Å². The minimum absolute atomic E-state index is 0.198. The summed E-state index contributed by atoms with van der Waals surface area (Å²) >= 11 is 3.31. The summed E-state index contributed by atoms with van der Waals surface area (Å²) in [5, 5.41) is 11.3. The van der Waals surface area contributed by atoms with E-state index in [0.29, 0.717) is 11.3 Å². The highest BCUT2D eigenvalue weighted by atomic mass is 79.9. The van der Waals surface area contributed by atoms with E-state index < -0.39 is 5.97 Å². The van der Waals surface area contributed by atoms with Gasteiger partial charge in [0.25, 0.3) is 5.91 Å². The maximum Gasteiger partial charge on any atom is 0.328 e. The van der Waals surface area contributed by atoms with Crippen LogP contribution < -0.4 is 5.32 Å². The van der Waals surface area contributed by atoms with Crippen LogP contribution in [0.1, 0.15) is 15.9 Å². The molecule has 0 saturated carbocycles. The number of carboxylic acids is 1. The van der Waals surface area contributed by atoms with Crippen LogP contribution in [-0.2, 0) is 4.79 Å². The van der Waals surface area contributed by atoms with E-state index in [9.17, 15) is 9.59 Å². The number of halogens is 1. The molecule has 0 aliphatic carbocycles. The van der Waals surface area contributed by atoms with Gasteiger partial charge in [-0.05, 0) is 48.0 Å². The predicted molar refractivity (Wildman–Crippen MR) is 85.2 cm³/mol. The summed E-state index contributed by atoms with van der Waals surface area (Å²) in [6.07, 6.45) is 2.55. The van der Waals surface area contributed by atoms with E-state index in [1.165, 1.54) is 6.08 Å². The Balaban J connectivity index is 2.04. The monoisotopic (exact) mass is 345 g/mol. The average Bonchev–Trinajstić information content (AvgIpc) is 2.47. The number of rotatable bonds is 4. The largest absolute Gasteiger partial charge is 0.478 e. The molecule has 4 nitrogen and oxygen atoms in total. The molecule has 2 aromatic rings. The van der Waals surface area contributed by atoms with Gasteiger partial charge in [-0.3, -0.25) is 4.79 Å². The van der Waals surface area contributed by atoms with Crippen LogP contribution in [0.4, 0.5) is 5.69 Å². The van der Waals surface area contributed by atoms with Gasteiger partial charge >= 0.3 is 5.97 Å². The van der Waals surface area contributed by atoms with Crippen molar-refractivity contribution in [2.24, 2.45) is 0 Å². The van der Waals surface area contributed by atoms with Crippen LogP contribution in [0.5, 0.6) is 0 Å². The van der Waals surface area contributed by atoms with Crippen LogP contribution in [0, 0.1) is 0 Å². The molecule has 1 amide bonds. The van der Waals surface area contributed by atoms with Crippen molar-refractivity contribution in [2.45, 2.75) is 0 Å². The van der Waals surface area contributed by atoms with E-state index in [1.807, 2.05) is 0 Å². The summed E-state index contributed by atoms with van der Waals surface area (Å²) < 4.78 is 0.911. The molecule has 0 aliphatic heterocycles. The SMILES string of the molecule is O=C(O)/C=C/c1ccc(NC(=O)c2ccc(Br)cc2)cc1. The molecule has 0 unspecified atom stereocenters. The second-order valence-electron chi connectivity index (χ2n) is 4.25. The third kappa shape index (κ3) is 4.57. The second kappa shape index (κ2) is 6.85. The molecule has 0 atom stereocenters. The number of anilines is 1. The van der Waals surface area contributed by atoms with Gasteiger partial charge in [-0.2, -0.15) is 0 Å². The highest BCUT2D eigenvalue weighted by Crippen LogP contribution is 2.14. The van der Waals surface area contributed by atoms with Crippen LogP contribution in [-0.4, -0.2) is 17.0 Å². The summed E-state index contributed by atoms with van der Waals surface area (Å²) in [7, 11) is 0. The fourth-order valence-electron chi connectivity index (χ4n) is 1.65. The Morgan fingerprint density at radius 2 is 1.62 bits per heavy atom. The van der Waals surface area contributed by atoms with Crippen molar-refractivity contribution in [1.82, 2.24) is 0 Å². The van der Waals surface area contributed by atoms with Crippen molar-refractivity contribution in [3.8, 4) is 0 Å². The first-order valence-corrected chi connectivity index (χ1v) is 6.92. The lowest BCUT2D eigenvalue weighted by Crippen LogP contribution is -2.11. The number of aliphatic carboxylic acids is 1. The Morgan fingerprint density at radius 3 is 2.19 bits per heavy atom. The zero-order chi connectivity index (χ0) is 15.2. The fourth-order valence-corrected chi connectivity index (χ4v) is 1.91. The van der Waals surface area contributed by atoms with Crippen molar-refractivity contribution < 1.29 is 14.7 Å². The highest BCUT2D eigenvalue weighted by molar-refractivity contribution is 9.10. The Bertz CT molecular complexity index is 676. The zero-order valence-electron chi connectivity index (χ0n) is 10.9. The maximum absolute atomic E-state index is 12.0. The van der Waals surface area contributed by atoms with E-state index >= 15 is 0 Å². The number of hydrogen-bond donors (Lipinski definition) is 2. The van der Waals surface area contributed by atoms with Crippen LogP contribution >= 0.6 is 15.9 Å². The van der Waals surface area contributed by atoms with Gasteiger partial charge in [-0.1, -0.05) is 28.1 Å². The van der Waals surface area contributed by atoms with Gasteiger partial charge in [-0.25, -0.2) is 4.79 Å². The maximum atomic E-state index is 12.0. The summed E-state index contributed by atoms with van der Waals surface area (Å²) in [6, 6.07) is 14.0. The van der Waals surface area contributed by atoms with Crippen molar-refractivity contribution in [2.75, 3.05) is 5.32 Å². The van der Waals surface area contributed by atoms with Crippen molar-refractivity contribution >= 4 is 39.6 Å². The van der Waals surface area contributed by atoms with E-state index in [1.54, 1.807) is 48.5 Å². The van der Waals surface area contributed by atoms with Crippen molar-refractivity contribution in [3.05, 3.63) is 70.2 Å². The first kappa shape index (κ1) is 15.0. The molecule has 0 bridgehead atoms. The molecular formula is C16H12BrNO3. The summed E-state index contributed by atoms with van der Waals surface area (Å²) in [4.78, 5) is 22.4. The third-order valence-corrected chi connectivity index (χ3v) is 3.22. The van der Waals surface area contributed by atoms with Crippen LogP contribution in [0.2, 0.25) is 0 Å². The standard InChI is InChI=1S/C16H12BrNO3/c17-13-6-4-12(5-7-13)16(21)18-14-8-1-11(2-9-14)3-10-15(19)20/h1-10H,(H,18,21)(H,19,20)/b10-3+. The molecular weight excluding hydrogens is 334 g/mol. The lowest BCUT2D eigenvalue weighted by molar-refractivity contribution is -0.131. The van der Waals surface area contributed by atoms with Crippen LogP contribution in [0.3, 0.4) is 0 Å². The number of carbonyl (C=O) groups is 2. The normalized spacial score (nSPS) is 10.5. The summed E-state index contributed by atoms with van der Waals surface area (Å²) in [6.45, 7) is 0. The van der Waals surface area contributed by atoms with Crippen molar-refractivity contribution in [3.63, 3.8) is 0 Å². The quantitative estimate of drug-likeness (QED) is 0.828. The molecule has 106 valence electrons. The molecule has 5 heteroatoms. The molecule has 0 heterocycles. The smallest absolute Gasteiger partial charge is 0.328 e. The first-order chi connectivity index (χ1) is 10.0. The zero-order valence-corrected chi connectivity index (χ0v) is 12.5. The Hall–Kier alpha value is -2.40. The molecule has 2 aromatic carbocycles. The summed E-state index contributed by atoms with van der Waals surface area (Å²) in [5.41, 5.74) is 1.96. The number of hydrogen-bond acceptors (Lipinski definition) is 2. The van der Waals surface area contributed by atoms with Gasteiger partial charge in [0.15, 0.2) is 0 Å². The Labute approximate surface area is 130 Å². The van der Waals surface area contributed by atoms with E-state index in [0.717, 1.165) is 16.1 Å². The van der Waals surface area contributed by atoms with Gasteiger partial charge in [0.05, 0.1) is 0 Å². The van der Waals surface area contributed by atoms with E-state index in [4.69, 9.17) is 5.11 Å². The molecule has 0 spiro atoms. The average molecular weight is 346 g/mol. The lowest BCUT2D eigenvalue weighted by atomic mass is 10.1. The molecule has 21 heavy (non-hydrogen) atoms. The third-order valence-electron chi connectivity index (χ3n) is 2.69. The molecule has 0 aliphatic rings. The van der Waals surface area contributed by atoms with Crippen LogP contribution in [0.15, 0.2) is 59.1 Å². The molecule has 0 radical (unpaired) electrons. The number of carboxylic acid groups (broad SMARTS) is 1. The van der Waals surface area contributed by atoms with Gasteiger partial charge in [0.1, 0.15) is 0 Å². The second-order valence-corrected chi connectivity index (χ2v) is 5.17. The number of carbonyl (C=O) groups excluding carboxylic acids is 1. The van der Waals surface area contributed by atoms with Crippen molar-refractivity contribution in [1.29, 1.82) is 0 Å². The van der Waals surface area contributed by atoms with Gasteiger partial charge in [0.2, 0.25) is 0 Å². The number of amides is 1. The molecule has 0 aromatic heterocycles. The number of benzene rings is 2. The topological polar surface area (TPSA) is 66.4 Å². The summed E-state index contributed by atoms with van der Waals surface area (Å²) in [5.74, 6) is -1.20. The van der Waals surface area contributed by atoms with E-state index in [-0.39, 0.29) is 5.91 Å². The van der Waals surface area contributed by atoms with Gasteiger partial charge < -0.3 is 10.4 Å². The van der Waals surface area contributed by atoms with Gasteiger partial charge in [-0.15, -0.1) is 0 Å². The minimum atomic E-state index is -0.998.